The molecule has 0 N–H and O–H groups in total. The van der Waals surface area contributed by atoms with Gasteiger partial charge in [-0.1, -0.05) is 19.8 Å². The van der Waals surface area contributed by atoms with E-state index in [9.17, 15) is 0 Å². The number of hydrogen-bond acceptors (Lipinski definition) is 4. The number of unbranched alkanes of at least 4 members (excludes halogenated alkanes) is 1. The molecule has 1 fully saturated rings. The summed E-state index contributed by atoms with van der Waals surface area (Å²) in [4.78, 5) is 0. The van der Waals surface area contributed by atoms with Crippen LogP contribution in [0.15, 0.2) is 0 Å². The molecule has 0 aliphatic carbocycles. The molecule has 1 heterocycles. The largest absolute Gasteiger partial charge is 0.398 e. The van der Waals surface area contributed by atoms with Crippen molar-refractivity contribution < 1.29 is 18.3 Å². The monoisotopic (exact) mass is 234 g/mol. The summed E-state index contributed by atoms with van der Waals surface area (Å²) in [5, 5.41) is 0. The zero-order valence-corrected chi connectivity index (χ0v) is 11.1. The van der Waals surface area contributed by atoms with Crippen molar-refractivity contribution >= 4 is 9.28 Å². The van der Waals surface area contributed by atoms with Crippen molar-refractivity contribution in [2.75, 3.05) is 20.8 Å². The summed E-state index contributed by atoms with van der Waals surface area (Å²) < 4.78 is 21.8. The van der Waals surface area contributed by atoms with E-state index in [0.29, 0.717) is 0 Å². The molecule has 1 saturated heterocycles. The Hall–Kier alpha value is 0.0569. The molecule has 0 aromatic heterocycles. The molecule has 1 rings (SSSR count). The lowest BCUT2D eigenvalue weighted by atomic mass is 10.2. The van der Waals surface area contributed by atoms with E-state index in [1.807, 2.05) is 0 Å². The summed E-state index contributed by atoms with van der Waals surface area (Å²) in [6.45, 7) is 2.99. The summed E-state index contributed by atoms with van der Waals surface area (Å²) in [6.07, 6.45) is 4.30. The molecule has 0 saturated carbocycles. The molecule has 0 aromatic carbocycles. The average molecular weight is 234 g/mol. The molecule has 2 atom stereocenters. The predicted octanol–water partition coefficient (Wildman–Crippen LogP) is 1.36. The van der Waals surface area contributed by atoms with Crippen LogP contribution in [-0.2, 0) is 18.3 Å². The topological polar surface area (TPSA) is 36.9 Å². The Kier molecular flexibility index (Phi) is 6.43. The minimum atomic E-state index is -1.68. The molecule has 0 spiro atoms. The maximum absolute atomic E-state index is 5.82. The van der Waals surface area contributed by atoms with E-state index < -0.39 is 9.28 Å². The fourth-order valence-electron chi connectivity index (χ4n) is 1.59. The van der Waals surface area contributed by atoms with Crippen LogP contribution in [0.3, 0.4) is 0 Å². The van der Waals surface area contributed by atoms with Gasteiger partial charge in [-0.15, -0.1) is 0 Å². The highest BCUT2D eigenvalue weighted by Crippen LogP contribution is 2.19. The fourth-order valence-corrected chi connectivity index (χ4v) is 3.20. The van der Waals surface area contributed by atoms with Gasteiger partial charge in [0.15, 0.2) is 6.29 Å². The first kappa shape index (κ1) is 13.1. The van der Waals surface area contributed by atoms with Gasteiger partial charge in [-0.3, -0.25) is 0 Å². The number of hydrogen-bond donors (Lipinski definition) is 0. The molecule has 0 amide bonds. The number of rotatable bonds is 8. The molecule has 2 unspecified atom stereocenters. The summed E-state index contributed by atoms with van der Waals surface area (Å²) in [7, 11) is 1.72. The van der Waals surface area contributed by atoms with Crippen molar-refractivity contribution in [3.8, 4) is 0 Å². The predicted molar refractivity (Wildman–Crippen MR) is 59.9 cm³/mol. The standard InChI is InChI=1S/C10H22O4Si/c1-4-5-6-10(15(11-2)12-3)14-9-7-8-13-9/h9-10,15H,4-8H2,1-3H3. The molecule has 0 radical (unpaired) electrons. The van der Waals surface area contributed by atoms with Gasteiger partial charge in [0.1, 0.15) is 5.73 Å². The molecule has 1 aliphatic rings. The quantitative estimate of drug-likeness (QED) is 0.594. The van der Waals surface area contributed by atoms with Crippen molar-refractivity contribution in [3.63, 3.8) is 0 Å². The Balaban J connectivity index is 2.34. The van der Waals surface area contributed by atoms with Crippen LogP contribution in [0, 0.1) is 0 Å². The van der Waals surface area contributed by atoms with Crippen LogP contribution in [0.5, 0.6) is 0 Å². The van der Waals surface area contributed by atoms with E-state index >= 15 is 0 Å². The van der Waals surface area contributed by atoms with Gasteiger partial charge in [0.05, 0.1) is 6.61 Å². The lowest BCUT2D eigenvalue weighted by Gasteiger charge is -2.32. The third-order valence-electron chi connectivity index (χ3n) is 2.59. The Morgan fingerprint density at radius 1 is 1.40 bits per heavy atom. The molecule has 1 aliphatic heterocycles. The third kappa shape index (κ3) is 4.20. The van der Waals surface area contributed by atoms with Crippen LogP contribution >= 0.6 is 0 Å². The second-order valence-corrected chi connectivity index (χ2v) is 6.17. The Morgan fingerprint density at radius 2 is 2.07 bits per heavy atom. The van der Waals surface area contributed by atoms with E-state index in [4.69, 9.17) is 18.3 Å². The van der Waals surface area contributed by atoms with Gasteiger partial charge in [0.25, 0.3) is 0 Å². The first-order valence-electron chi connectivity index (χ1n) is 5.64. The van der Waals surface area contributed by atoms with Crippen molar-refractivity contribution in [2.24, 2.45) is 0 Å². The highest BCUT2D eigenvalue weighted by molar-refractivity contribution is 6.45. The summed E-state index contributed by atoms with van der Waals surface area (Å²) in [5.74, 6) is 0. The van der Waals surface area contributed by atoms with Crippen molar-refractivity contribution in [3.05, 3.63) is 0 Å². The second kappa shape index (κ2) is 7.35. The van der Waals surface area contributed by atoms with Gasteiger partial charge in [0, 0.05) is 20.6 Å². The van der Waals surface area contributed by atoms with E-state index in [1.165, 1.54) is 6.42 Å². The molecule has 5 heteroatoms. The third-order valence-corrected chi connectivity index (χ3v) is 4.62. The Morgan fingerprint density at radius 3 is 2.47 bits per heavy atom. The summed E-state index contributed by atoms with van der Waals surface area (Å²) in [5.41, 5.74) is 0.116. The lowest BCUT2D eigenvalue weighted by molar-refractivity contribution is -0.227. The number of ether oxygens (including phenoxy) is 2. The van der Waals surface area contributed by atoms with Gasteiger partial charge >= 0.3 is 9.28 Å². The second-order valence-electron chi connectivity index (χ2n) is 3.75. The van der Waals surface area contributed by atoms with Crippen LogP contribution < -0.4 is 0 Å². The van der Waals surface area contributed by atoms with Crippen LogP contribution in [0.1, 0.15) is 32.6 Å². The SMILES string of the molecule is CCCCC(OC1CCO1)[SiH](OC)OC. The van der Waals surface area contributed by atoms with Gasteiger partial charge in [-0.2, -0.15) is 0 Å². The van der Waals surface area contributed by atoms with Gasteiger partial charge in [-0.25, -0.2) is 0 Å². The lowest BCUT2D eigenvalue weighted by Crippen LogP contribution is -2.43. The van der Waals surface area contributed by atoms with Crippen LogP contribution in [-0.4, -0.2) is 42.1 Å². The Labute approximate surface area is 93.7 Å². The van der Waals surface area contributed by atoms with Gasteiger partial charge in [-0.05, 0) is 6.42 Å². The zero-order valence-electron chi connectivity index (χ0n) is 9.90. The molecule has 4 nitrogen and oxygen atoms in total. The molecule has 90 valence electrons. The van der Waals surface area contributed by atoms with Crippen LogP contribution in [0.4, 0.5) is 0 Å². The average Bonchev–Trinajstić information content (AvgIpc) is 2.20. The summed E-state index contributed by atoms with van der Waals surface area (Å²) in [6, 6.07) is 0. The minimum absolute atomic E-state index is 0.0212. The van der Waals surface area contributed by atoms with E-state index in [0.717, 1.165) is 25.9 Å². The molecule has 15 heavy (non-hydrogen) atoms. The van der Waals surface area contributed by atoms with E-state index in [2.05, 4.69) is 6.92 Å². The van der Waals surface area contributed by atoms with Crippen molar-refractivity contribution in [2.45, 2.75) is 44.6 Å². The van der Waals surface area contributed by atoms with E-state index in [-0.39, 0.29) is 12.0 Å². The molecule has 0 bridgehead atoms. The molecular formula is C10H22O4Si. The minimum Gasteiger partial charge on any atom is -0.398 e. The first-order chi connectivity index (χ1) is 7.31. The maximum atomic E-state index is 5.82. The highest BCUT2D eigenvalue weighted by atomic mass is 28.3. The fraction of sp³-hybridized carbons (Fsp3) is 1.00. The smallest absolute Gasteiger partial charge is 0.351 e. The van der Waals surface area contributed by atoms with Crippen LogP contribution in [0.25, 0.3) is 0 Å². The molecule has 0 aromatic rings. The van der Waals surface area contributed by atoms with E-state index in [1.54, 1.807) is 14.2 Å². The first-order valence-corrected chi connectivity index (χ1v) is 7.25. The maximum Gasteiger partial charge on any atom is 0.351 e. The van der Waals surface area contributed by atoms with Crippen molar-refractivity contribution in [1.29, 1.82) is 0 Å². The van der Waals surface area contributed by atoms with Crippen molar-refractivity contribution in [1.82, 2.24) is 0 Å². The van der Waals surface area contributed by atoms with Gasteiger partial charge < -0.3 is 18.3 Å². The van der Waals surface area contributed by atoms with Crippen LogP contribution in [0.2, 0.25) is 0 Å². The molecular weight excluding hydrogens is 212 g/mol. The highest BCUT2D eigenvalue weighted by Gasteiger charge is 2.30. The Bertz CT molecular complexity index is 160. The zero-order chi connectivity index (χ0) is 11.1. The van der Waals surface area contributed by atoms with Gasteiger partial charge in [0.2, 0.25) is 0 Å². The normalized spacial score (nSPS) is 22.8. The summed E-state index contributed by atoms with van der Waals surface area (Å²) >= 11 is 0.